The van der Waals surface area contributed by atoms with Crippen LogP contribution >= 0.6 is 24.8 Å². The minimum atomic E-state index is -0.0721. The van der Waals surface area contributed by atoms with Crippen LogP contribution in [0.3, 0.4) is 0 Å². The molecule has 102 valence electrons. The van der Waals surface area contributed by atoms with Crippen LogP contribution in [-0.4, -0.2) is 18.5 Å². The summed E-state index contributed by atoms with van der Waals surface area (Å²) in [6.45, 7) is 2.64. The molecule has 1 aromatic rings. The van der Waals surface area contributed by atoms with Crippen molar-refractivity contribution in [2.45, 2.75) is 13.3 Å². The lowest BCUT2D eigenvalue weighted by atomic mass is 10.1. The van der Waals surface area contributed by atoms with Gasteiger partial charge in [-0.25, -0.2) is 0 Å². The molecule has 0 saturated carbocycles. The largest absolute Gasteiger partial charge is 0.370 e. The highest BCUT2D eigenvalue weighted by Gasteiger charge is 1.96. The third kappa shape index (κ3) is 6.98. The summed E-state index contributed by atoms with van der Waals surface area (Å²) < 4.78 is 0. The van der Waals surface area contributed by atoms with Crippen LogP contribution < -0.4 is 17.2 Å². The van der Waals surface area contributed by atoms with Gasteiger partial charge in [0.05, 0.1) is 0 Å². The van der Waals surface area contributed by atoms with Gasteiger partial charge in [0.15, 0.2) is 5.96 Å². The number of nitrogens with zero attached hydrogens (tertiary/aromatic N) is 2. The molecule has 0 radical (unpaired) electrons. The van der Waals surface area contributed by atoms with Gasteiger partial charge in [-0.1, -0.05) is 24.3 Å². The van der Waals surface area contributed by atoms with Crippen molar-refractivity contribution in [3.63, 3.8) is 0 Å². The molecule has 0 unspecified atom stereocenters. The van der Waals surface area contributed by atoms with Crippen molar-refractivity contribution in [3.05, 3.63) is 35.4 Å². The summed E-state index contributed by atoms with van der Waals surface area (Å²) in [6.07, 6.45) is 0.827. The summed E-state index contributed by atoms with van der Waals surface area (Å²) in [5, 5.41) is 0. The summed E-state index contributed by atoms with van der Waals surface area (Å²) in [5.74, 6) is 0.0470. The van der Waals surface area contributed by atoms with E-state index >= 15 is 0 Å². The van der Waals surface area contributed by atoms with E-state index < -0.39 is 0 Å². The summed E-state index contributed by atoms with van der Waals surface area (Å²) in [5.41, 5.74) is 18.3. The molecule has 0 fully saturated rings. The Balaban J connectivity index is 0. The Bertz CT molecular complexity index is 414. The molecule has 0 atom stereocenters. The van der Waals surface area contributed by atoms with Crippen LogP contribution in [0.2, 0.25) is 0 Å². The number of hydrogen-bond acceptors (Lipinski definition) is 1. The summed E-state index contributed by atoms with van der Waals surface area (Å²) in [6, 6.07) is 8.15. The molecule has 0 heterocycles. The van der Waals surface area contributed by atoms with Gasteiger partial charge in [-0.15, -0.1) is 24.8 Å². The van der Waals surface area contributed by atoms with Crippen molar-refractivity contribution in [2.75, 3.05) is 6.54 Å². The molecule has 0 aliphatic rings. The zero-order valence-electron chi connectivity index (χ0n) is 10.2. The Morgan fingerprint density at radius 1 is 1.11 bits per heavy atom. The number of aliphatic imine (C=N–C) groups is 2. The van der Waals surface area contributed by atoms with E-state index in [-0.39, 0.29) is 36.7 Å². The van der Waals surface area contributed by atoms with Gasteiger partial charge in [0.25, 0.3) is 0 Å². The average molecular weight is 292 g/mol. The van der Waals surface area contributed by atoms with Gasteiger partial charge in [-0.3, -0.25) is 4.99 Å². The smallest absolute Gasteiger partial charge is 0.218 e. The highest BCUT2D eigenvalue weighted by molar-refractivity contribution is 5.92. The molecular weight excluding hydrogens is 273 g/mol. The molecular formula is C11H19Cl2N5. The third-order valence-electron chi connectivity index (χ3n) is 2.16. The second kappa shape index (κ2) is 9.56. The van der Waals surface area contributed by atoms with Crippen LogP contribution in [-0.2, 0) is 6.42 Å². The average Bonchev–Trinajstić information content (AvgIpc) is 2.19. The zero-order chi connectivity index (χ0) is 12.0. The highest BCUT2D eigenvalue weighted by atomic mass is 35.5. The first kappa shape index (κ1) is 18.9. The first-order valence-electron chi connectivity index (χ1n) is 5.03. The SMILES string of the molecule is Cc1ccccc1CCN=C(N)N=C(N)N.Cl.Cl. The fourth-order valence-corrected chi connectivity index (χ4v) is 1.35. The maximum atomic E-state index is 5.48. The number of halogens is 2. The molecule has 0 spiro atoms. The molecule has 0 aromatic heterocycles. The van der Waals surface area contributed by atoms with E-state index in [1.54, 1.807) is 0 Å². The van der Waals surface area contributed by atoms with Crippen molar-refractivity contribution in [2.24, 2.45) is 27.2 Å². The number of rotatable bonds is 3. The number of hydrogen-bond donors (Lipinski definition) is 3. The maximum Gasteiger partial charge on any atom is 0.218 e. The van der Waals surface area contributed by atoms with Gasteiger partial charge < -0.3 is 17.2 Å². The Labute approximate surface area is 119 Å². The van der Waals surface area contributed by atoms with Gasteiger partial charge in [-0.05, 0) is 24.5 Å². The zero-order valence-corrected chi connectivity index (χ0v) is 11.8. The molecule has 1 aromatic carbocycles. The number of nitrogens with two attached hydrogens (primary N) is 3. The van der Waals surface area contributed by atoms with Crippen LogP contribution in [0.1, 0.15) is 11.1 Å². The topological polar surface area (TPSA) is 103 Å². The summed E-state index contributed by atoms with van der Waals surface area (Å²) in [4.78, 5) is 7.68. The first-order chi connectivity index (χ1) is 7.59. The van der Waals surface area contributed by atoms with Crippen molar-refractivity contribution in [1.29, 1.82) is 0 Å². The number of aryl methyl sites for hydroxylation is 1. The fraction of sp³-hybridized carbons (Fsp3) is 0.273. The number of benzene rings is 1. The lowest BCUT2D eigenvalue weighted by Crippen LogP contribution is -2.26. The van der Waals surface area contributed by atoms with Crippen LogP contribution in [0, 0.1) is 6.92 Å². The van der Waals surface area contributed by atoms with E-state index in [2.05, 4.69) is 29.0 Å². The molecule has 0 amide bonds. The number of guanidine groups is 2. The van der Waals surface area contributed by atoms with Gasteiger partial charge in [0, 0.05) is 6.54 Å². The minimum Gasteiger partial charge on any atom is -0.370 e. The van der Waals surface area contributed by atoms with Crippen molar-refractivity contribution in [3.8, 4) is 0 Å². The lowest BCUT2D eigenvalue weighted by molar-refractivity contribution is 0.952. The first-order valence-corrected chi connectivity index (χ1v) is 5.03. The molecule has 7 heteroatoms. The van der Waals surface area contributed by atoms with Gasteiger partial charge in [0.2, 0.25) is 5.96 Å². The highest BCUT2D eigenvalue weighted by Crippen LogP contribution is 2.07. The lowest BCUT2D eigenvalue weighted by Gasteiger charge is -2.02. The van der Waals surface area contributed by atoms with Crippen LogP contribution in [0.4, 0.5) is 0 Å². The van der Waals surface area contributed by atoms with Gasteiger partial charge in [-0.2, -0.15) is 4.99 Å². The predicted molar refractivity (Wildman–Crippen MR) is 81.7 cm³/mol. The van der Waals surface area contributed by atoms with Crippen molar-refractivity contribution >= 4 is 36.7 Å². The molecule has 0 bridgehead atoms. The Morgan fingerprint density at radius 3 is 2.28 bits per heavy atom. The normalized spacial score (nSPS) is 9.94. The Morgan fingerprint density at radius 2 is 1.72 bits per heavy atom. The molecule has 0 aliphatic heterocycles. The molecule has 1 rings (SSSR count). The molecule has 0 saturated heterocycles. The Hall–Kier alpha value is -1.46. The van der Waals surface area contributed by atoms with E-state index in [9.17, 15) is 0 Å². The van der Waals surface area contributed by atoms with Crippen LogP contribution in [0.15, 0.2) is 34.3 Å². The minimum absolute atomic E-state index is 0. The van der Waals surface area contributed by atoms with Crippen LogP contribution in [0.25, 0.3) is 0 Å². The molecule has 18 heavy (non-hydrogen) atoms. The standard InChI is InChI=1S/C11H17N5.2ClH/c1-8-4-2-3-5-9(8)6-7-15-11(14)16-10(12)13;;/h2-5H,6-7H2,1H3,(H6,12,13,14,15,16);2*1H. The molecule has 0 aliphatic carbocycles. The Kier molecular flexibility index (Phi) is 10.0. The van der Waals surface area contributed by atoms with E-state index in [0.29, 0.717) is 6.54 Å². The molecule has 6 N–H and O–H groups in total. The van der Waals surface area contributed by atoms with Crippen LogP contribution in [0.5, 0.6) is 0 Å². The van der Waals surface area contributed by atoms with Gasteiger partial charge >= 0.3 is 0 Å². The molecule has 5 nitrogen and oxygen atoms in total. The van der Waals surface area contributed by atoms with Crippen molar-refractivity contribution in [1.82, 2.24) is 0 Å². The van der Waals surface area contributed by atoms with Crippen molar-refractivity contribution < 1.29 is 0 Å². The quantitative estimate of drug-likeness (QED) is 0.571. The van der Waals surface area contributed by atoms with E-state index in [1.807, 2.05) is 12.1 Å². The third-order valence-corrected chi connectivity index (χ3v) is 2.16. The summed E-state index contributed by atoms with van der Waals surface area (Å²) in [7, 11) is 0. The predicted octanol–water partition coefficient (Wildman–Crippen LogP) is 0.969. The second-order valence-electron chi connectivity index (χ2n) is 3.45. The fourth-order valence-electron chi connectivity index (χ4n) is 1.35. The van der Waals surface area contributed by atoms with E-state index in [4.69, 9.17) is 17.2 Å². The monoisotopic (exact) mass is 291 g/mol. The van der Waals surface area contributed by atoms with Gasteiger partial charge in [0.1, 0.15) is 0 Å². The van der Waals surface area contributed by atoms with E-state index in [1.165, 1.54) is 11.1 Å². The maximum absolute atomic E-state index is 5.48. The second-order valence-corrected chi connectivity index (χ2v) is 3.45. The summed E-state index contributed by atoms with van der Waals surface area (Å²) >= 11 is 0. The van der Waals surface area contributed by atoms with E-state index in [0.717, 1.165) is 6.42 Å².